The van der Waals surface area contributed by atoms with Crippen molar-refractivity contribution in [3.05, 3.63) is 64.8 Å². The Morgan fingerprint density at radius 3 is 2.39 bits per heavy atom. The van der Waals surface area contributed by atoms with Crippen molar-refractivity contribution in [3.8, 4) is 0 Å². The fourth-order valence-electron chi connectivity index (χ4n) is 3.20. The molecular formula is C20H14F4N4O2S. The van der Waals surface area contributed by atoms with Gasteiger partial charge in [-0.15, -0.1) is 0 Å². The number of amides is 2. The number of rotatable bonds is 3. The van der Waals surface area contributed by atoms with Crippen LogP contribution in [0.1, 0.15) is 22.8 Å². The minimum Gasteiger partial charge on any atom is -0.355 e. The second-order valence-corrected chi connectivity index (χ2v) is 6.92. The third kappa shape index (κ3) is 3.82. The number of hydrogen-bond acceptors (Lipinski definition) is 3. The average Bonchev–Trinajstić information content (AvgIpc) is 2.94. The van der Waals surface area contributed by atoms with Crippen molar-refractivity contribution in [3.63, 3.8) is 0 Å². The third-order valence-electron chi connectivity index (χ3n) is 4.73. The van der Waals surface area contributed by atoms with Crippen LogP contribution in [-0.4, -0.2) is 30.0 Å². The fraction of sp³-hybridized carbons (Fsp3) is 0.200. The van der Waals surface area contributed by atoms with Crippen LogP contribution in [0.15, 0.2) is 36.4 Å². The van der Waals surface area contributed by atoms with Gasteiger partial charge in [0.2, 0.25) is 0 Å². The molecule has 2 amide bonds. The number of alkyl halides is 3. The summed E-state index contributed by atoms with van der Waals surface area (Å²) in [6.07, 6.45) is -4.80. The first-order valence-electron chi connectivity index (χ1n) is 8.78. The molecule has 0 unspecified atom stereocenters. The van der Waals surface area contributed by atoms with Gasteiger partial charge in [0.25, 0.3) is 11.8 Å². The molecule has 0 aliphatic carbocycles. The normalized spacial score (nSPS) is 16.5. The Hall–Kier alpha value is -3.52. The van der Waals surface area contributed by atoms with Gasteiger partial charge in [-0.3, -0.25) is 14.5 Å². The maximum absolute atomic E-state index is 14.4. The Morgan fingerprint density at radius 1 is 1.19 bits per heavy atom. The number of hydrogen-bond donors (Lipinski definition) is 1. The number of carbonyl (C=O) groups is 2. The Bertz CT molecular complexity index is 1140. The molecule has 11 heteroatoms. The Morgan fingerprint density at radius 2 is 1.84 bits per heavy atom. The van der Waals surface area contributed by atoms with Crippen molar-refractivity contribution < 1.29 is 27.2 Å². The van der Waals surface area contributed by atoms with Crippen LogP contribution in [0.5, 0.6) is 0 Å². The maximum Gasteiger partial charge on any atom is 0.407 e. The zero-order valence-electron chi connectivity index (χ0n) is 16.1. The lowest BCUT2D eigenvalue weighted by Gasteiger charge is -2.23. The van der Waals surface area contributed by atoms with Gasteiger partial charge in [-0.1, -0.05) is 6.07 Å². The van der Waals surface area contributed by atoms with Crippen LogP contribution in [0.4, 0.5) is 34.6 Å². The van der Waals surface area contributed by atoms with Crippen molar-refractivity contribution in [1.82, 2.24) is 5.32 Å². The fourth-order valence-corrected chi connectivity index (χ4v) is 3.66. The second-order valence-electron chi connectivity index (χ2n) is 6.56. The molecule has 0 bridgehead atoms. The highest BCUT2D eigenvalue weighted by Gasteiger charge is 2.43. The zero-order chi connectivity index (χ0) is 23.1. The van der Waals surface area contributed by atoms with E-state index in [4.69, 9.17) is 18.8 Å². The second kappa shape index (κ2) is 7.96. The number of nitrogens with one attached hydrogen (secondary N) is 1. The van der Waals surface area contributed by atoms with Gasteiger partial charge < -0.3 is 10.2 Å². The van der Waals surface area contributed by atoms with E-state index in [1.807, 2.05) is 0 Å². The number of nitrogens with zero attached hydrogens (tertiary/aromatic N) is 3. The Kier molecular flexibility index (Phi) is 5.69. The number of benzene rings is 2. The monoisotopic (exact) mass is 450 g/mol. The van der Waals surface area contributed by atoms with Crippen LogP contribution in [0, 0.1) is 12.4 Å². The summed E-state index contributed by atoms with van der Waals surface area (Å²) < 4.78 is 54.4. The molecular weight excluding hydrogens is 436 g/mol. The molecule has 6 nitrogen and oxygen atoms in total. The zero-order valence-corrected chi connectivity index (χ0v) is 16.9. The van der Waals surface area contributed by atoms with Crippen molar-refractivity contribution in [2.75, 3.05) is 16.8 Å². The Labute approximate surface area is 179 Å². The van der Waals surface area contributed by atoms with Gasteiger partial charge in [0, 0.05) is 18.4 Å². The van der Waals surface area contributed by atoms with Gasteiger partial charge in [0.1, 0.15) is 11.9 Å². The summed E-state index contributed by atoms with van der Waals surface area (Å²) in [7, 11) is 1.35. The molecule has 1 atom stereocenters. The SMILES string of the molecule is [C-]#[N+]c1ccc(N2C(=O)[C@@H](C)N(c3ccc(C(=O)NC)c(F)c3)C2=S)cc1C(F)(F)F. The van der Waals surface area contributed by atoms with Crippen LogP contribution in [0.3, 0.4) is 0 Å². The first-order valence-corrected chi connectivity index (χ1v) is 9.19. The van der Waals surface area contributed by atoms with Crippen LogP contribution in [0.25, 0.3) is 4.85 Å². The molecule has 1 fully saturated rings. The van der Waals surface area contributed by atoms with Crippen LogP contribution in [-0.2, 0) is 11.0 Å². The van der Waals surface area contributed by atoms with E-state index in [-0.39, 0.29) is 22.1 Å². The summed E-state index contributed by atoms with van der Waals surface area (Å²) in [5.74, 6) is -2.11. The highest BCUT2D eigenvalue weighted by Crippen LogP contribution is 2.40. The largest absolute Gasteiger partial charge is 0.407 e. The number of halogens is 4. The van der Waals surface area contributed by atoms with Gasteiger partial charge >= 0.3 is 6.18 Å². The summed E-state index contributed by atoms with van der Waals surface area (Å²) in [6.45, 7) is 8.40. The molecule has 2 aromatic rings. The van der Waals surface area contributed by atoms with E-state index >= 15 is 0 Å². The highest BCUT2D eigenvalue weighted by molar-refractivity contribution is 7.81. The van der Waals surface area contributed by atoms with Gasteiger partial charge in [-0.25, -0.2) is 9.24 Å². The molecule has 1 aliphatic rings. The van der Waals surface area contributed by atoms with E-state index < -0.39 is 41.1 Å². The molecule has 0 radical (unpaired) electrons. The van der Waals surface area contributed by atoms with Crippen molar-refractivity contribution in [2.24, 2.45) is 0 Å². The summed E-state index contributed by atoms with van der Waals surface area (Å²) >= 11 is 5.32. The minimum absolute atomic E-state index is 0.159. The molecule has 1 saturated heterocycles. The summed E-state index contributed by atoms with van der Waals surface area (Å²) in [4.78, 5) is 29.6. The topological polar surface area (TPSA) is 57.0 Å². The lowest BCUT2D eigenvalue weighted by molar-refractivity contribution is -0.136. The van der Waals surface area contributed by atoms with Crippen LogP contribution in [0.2, 0.25) is 0 Å². The first kappa shape index (κ1) is 22.2. The predicted molar refractivity (Wildman–Crippen MR) is 110 cm³/mol. The smallest absolute Gasteiger partial charge is 0.355 e. The summed E-state index contributed by atoms with van der Waals surface area (Å²) in [5.41, 5.74) is -2.01. The molecule has 1 N–H and O–H groups in total. The van der Waals surface area contributed by atoms with Gasteiger partial charge in [0.05, 0.1) is 17.7 Å². The maximum atomic E-state index is 14.4. The van der Waals surface area contributed by atoms with Crippen LogP contribution < -0.4 is 15.1 Å². The quantitative estimate of drug-likeness (QED) is 0.431. The minimum atomic E-state index is -4.80. The van der Waals surface area contributed by atoms with E-state index in [2.05, 4.69) is 10.2 Å². The van der Waals surface area contributed by atoms with E-state index in [9.17, 15) is 27.2 Å². The van der Waals surface area contributed by atoms with Gasteiger partial charge in [0.15, 0.2) is 10.8 Å². The molecule has 3 rings (SSSR count). The number of thiocarbonyl (C=S) groups is 1. The van der Waals surface area contributed by atoms with E-state index in [0.29, 0.717) is 6.07 Å². The van der Waals surface area contributed by atoms with E-state index in [1.54, 1.807) is 0 Å². The summed E-state index contributed by atoms with van der Waals surface area (Å²) in [6, 6.07) is 5.53. The van der Waals surface area contributed by atoms with Gasteiger partial charge in [-0.2, -0.15) is 13.2 Å². The van der Waals surface area contributed by atoms with E-state index in [1.165, 1.54) is 37.1 Å². The molecule has 2 aromatic carbocycles. The van der Waals surface area contributed by atoms with E-state index in [0.717, 1.165) is 17.0 Å². The lowest BCUT2D eigenvalue weighted by Crippen LogP contribution is -2.34. The molecule has 0 saturated carbocycles. The molecule has 160 valence electrons. The first-order chi connectivity index (χ1) is 14.5. The highest BCUT2D eigenvalue weighted by atomic mass is 32.1. The predicted octanol–water partition coefficient (Wildman–Crippen LogP) is 4.28. The van der Waals surface area contributed by atoms with Gasteiger partial charge in [-0.05, 0) is 49.5 Å². The number of carbonyl (C=O) groups excluding carboxylic acids is 2. The van der Waals surface area contributed by atoms with Crippen molar-refractivity contribution >= 4 is 46.2 Å². The standard InChI is InChI=1S/C20H14F4N4O2S/c1-10-18(30)28(11-5-7-16(25-2)14(8-11)20(22,23)24)19(31)27(10)12-4-6-13(15(21)9-12)17(29)26-3/h4-10H,1,3H3,(H,26,29)/t10-/m1/s1. The average molecular weight is 450 g/mol. The molecule has 31 heavy (non-hydrogen) atoms. The van der Waals surface area contributed by atoms with Crippen molar-refractivity contribution in [1.29, 1.82) is 0 Å². The molecule has 1 aliphatic heterocycles. The molecule has 0 aromatic heterocycles. The van der Waals surface area contributed by atoms with Crippen LogP contribution >= 0.6 is 12.2 Å². The molecule has 1 heterocycles. The third-order valence-corrected chi connectivity index (χ3v) is 5.11. The molecule has 0 spiro atoms. The Balaban J connectivity index is 2.03. The number of anilines is 2. The lowest BCUT2D eigenvalue weighted by atomic mass is 10.1. The summed E-state index contributed by atoms with van der Waals surface area (Å²) in [5, 5.41) is 2.14. The van der Waals surface area contributed by atoms with Crippen molar-refractivity contribution in [2.45, 2.75) is 19.1 Å².